The van der Waals surface area contributed by atoms with E-state index in [1.165, 1.54) is 13.2 Å². The zero-order chi connectivity index (χ0) is 24.0. The van der Waals surface area contributed by atoms with Crippen LogP contribution in [0, 0.1) is 22.7 Å². The van der Waals surface area contributed by atoms with Crippen LogP contribution in [0.1, 0.15) is 16.7 Å². The SMILES string of the molecule is COc1cc(-c2c(C#N)c(N)[nH]c(=O)c2C#N)cc(Br)c1OCC(=O)NCc1ccccc1. The number of H-pyrrole nitrogens is 1. The van der Waals surface area contributed by atoms with E-state index in [1.807, 2.05) is 42.5 Å². The van der Waals surface area contributed by atoms with Crippen LogP contribution in [0.25, 0.3) is 11.1 Å². The highest BCUT2D eigenvalue weighted by Crippen LogP contribution is 2.41. The number of nitrogen functional groups attached to an aromatic ring is 1. The van der Waals surface area contributed by atoms with Crippen molar-refractivity contribution in [2.24, 2.45) is 0 Å². The Morgan fingerprint density at radius 3 is 2.52 bits per heavy atom. The Hall–Kier alpha value is -4.28. The van der Waals surface area contributed by atoms with Crippen LogP contribution in [0.5, 0.6) is 11.5 Å². The minimum Gasteiger partial charge on any atom is -0.493 e. The van der Waals surface area contributed by atoms with Gasteiger partial charge in [-0.05, 0) is 39.2 Å². The van der Waals surface area contributed by atoms with Gasteiger partial charge < -0.3 is 25.5 Å². The number of benzene rings is 2. The van der Waals surface area contributed by atoms with Gasteiger partial charge in [0, 0.05) is 12.1 Å². The van der Waals surface area contributed by atoms with E-state index in [-0.39, 0.29) is 46.5 Å². The Kier molecular flexibility index (Phi) is 7.34. The predicted molar refractivity (Wildman–Crippen MR) is 124 cm³/mol. The summed E-state index contributed by atoms with van der Waals surface area (Å²) in [6.07, 6.45) is 0. The van der Waals surface area contributed by atoms with E-state index in [0.717, 1.165) is 5.56 Å². The molecule has 4 N–H and O–H groups in total. The Labute approximate surface area is 197 Å². The molecule has 2 aromatic carbocycles. The van der Waals surface area contributed by atoms with E-state index in [0.29, 0.717) is 16.6 Å². The summed E-state index contributed by atoms with van der Waals surface area (Å²) >= 11 is 3.37. The molecule has 10 heteroatoms. The molecule has 166 valence electrons. The molecule has 1 aromatic heterocycles. The zero-order valence-corrected chi connectivity index (χ0v) is 19.0. The number of anilines is 1. The number of hydrogen-bond donors (Lipinski definition) is 3. The van der Waals surface area contributed by atoms with Gasteiger partial charge in [0.1, 0.15) is 29.1 Å². The highest BCUT2D eigenvalue weighted by atomic mass is 79.9. The van der Waals surface area contributed by atoms with Gasteiger partial charge in [-0.15, -0.1) is 0 Å². The molecule has 33 heavy (non-hydrogen) atoms. The minimum atomic E-state index is -0.713. The molecule has 0 aliphatic carbocycles. The first-order chi connectivity index (χ1) is 15.9. The molecule has 0 bridgehead atoms. The molecule has 9 nitrogen and oxygen atoms in total. The molecule has 0 saturated heterocycles. The molecule has 0 aliphatic heterocycles. The number of amides is 1. The van der Waals surface area contributed by atoms with Crippen molar-refractivity contribution in [3.63, 3.8) is 0 Å². The summed E-state index contributed by atoms with van der Waals surface area (Å²) in [7, 11) is 1.40. The second-order valence-corrected chi connectivity index (χ2v) is 7.61. The molecule has 0 radical (unpaired) electrons. The fourth-order valence-corrected chi connectivity index (χ4v) is 3.68. The highest BCUT2D eigenvalue weighted by molar-refractivity contribution is 9.10. The van der Waals surface area contributed by atoms with Crippen molar-refractivity contribution in [2.75, 3.05) is 19.5 Å². The van der Waals surface area contributed by atoms with Gasteiger partial charge in [-0.25, -0.2) is 0 Å². The van der Waals surface area contributed by atoms with Crippen LogP contribution in [0.3, 0.4) is 0 Å². The van der Waals surface area contributed by atoms with Gasteiger partial charge in [0.05, 0.1) is 11.6 Å². The molecule has 3 rings (SSSR count). The lowest BCUT2D eigenvalue weighted by Crippen LogP contribution is -2.28. The van der Waals surface area contributed by atoms with Gasteiger partial charge in [-0.3, -0.25) is 9.59 Å². The molecule has 0 atom stereocenters. The summed E-state index contributed by atoms with van der Waals surface area (Å²) in [5.74, 6) is -0.0207. The number of carbonyl (C=O) groups excluding carboxylic acids is 1. The molecule has 1 heterocycles. The largest absolute Gasteiger partial charge is 0.493 e. The maximum absolute atomic E-state index is 12.2. The van der Waals surface area contributed by atoms with Crippen LogP contribution in [-0.2, 0) is 11.3 Å². The number of halogens is 1. The summed E-state index contributed by atoms with van der Waals surface area (Å²) in [6.45, 7) is 0.0874. The van der Waals surface area contributed by atoms with E-state index in [4.69, 9.17) is 15.2 Å². The van der Waals surface area contributed by atoms with E-state index in [2.05, 4.69) is 26.2 Å². The molecular weight excluding hydrogens is 490 g/mol. The molecule has 1 amide bonds. The summed E-state index contributed by atoms with van der Waals surface area (Å²) in [5.41, 5.74) is 6.13. The number of methoxy groups -OCH3 is 1. The van der Waals surface area contributed by atoms with Crippen molar-refractivity contribution in [3.05, 3.63) is 74.0 Å². The van der Waals surface area contributed by atoms with Crippen LogP contribution in [0.4, 0.5) is 5.82 Å². The number of hydrogen-bond acceptors (Lipinski definition) is 7. The van der Waals surface area contributed by atoms with Crippen molar-refractivity contribution in [1.82, 2.24) is 10.3 Å². The number of nitrogens with one attached hydrogen (secondary N) is 2. The Morgan fingerprint density at radius 1 is 1.18 bits per heavy atom. The molecule has 3 aromatic rings. The number of rotatable bonds is 7. The fourth-order valence-electron chi connectivity index (χ4n) is 3.12. The molecule has 0 unspecified atom stereocenters. The van der Waals surface area contributed by atoms with Crippen LogP contribution < -0.4 is 26.1 Å². The Morgan fingerprint density at radius 2 is 1.88 bits per heavy atom. The van der Waals surface area contributed by atoms with Gasteiger partial charge in [-0.2, -0.15) is 10.5 Å². The predicted octanol–water partition coefficient (Wildman–Crippen LogP) is 2.83. The van der Waals surface area contributed by atoms with E-state index in [1.54, 1.807) is 6.07 Å². The topological polar surface area (TPSA) is 154 Å². The average molecular weight is 508 g/mol. The van der Waals surface area contributed by atoms with E-state index in [9.17, 15) is 20.1 Å². The van der Waals surface area contributed by atoms with Gasteiger partial charge >= 0.3 is 0 Å². The van der Waals surface area contributed by atoms with Crippen molar-refractivity contribution in [3.8, 4) is 34.8 Å². The number of nitriles is 2. The number of aromatic amines is 1. The van der Waals surface area contributed by atoms with E-state index < -0.39 is 5.56 Å². The molecule has 0 spiro atoms. The van der Waals surface area contributed by atoms with Gasteiger partial charge in [0.25, 0.3) is 11.5 Å². The summed E-state index contributed by atoms with van der Waals surface area (Å²) in [6, 6.07) is 16.2. The normalized spacial score (nSPS) is 10.1. The molecule has 0 aliphatic rings. The van der Waals surface area contributed by atoms with Crippen molar-refractivity contribution < 1.29 is 14.3 Å². The first-order valence-corrected chi connectivity index (χ1v) is 10.4. The van der Waals surface area contributed by atoms with E-state index >= 15 is 0 Å². The van der Waals surface area contributed by atoms with Crippen LogP contribution >= 0.6 is 15.9 Å². The van der Waals surface area contributed by atoms with Crippen LogP contribution in [-0.4, -0.2) is 24.6 Å². The van der Waals surface area contributed by atoms with Crippen LogP contribution in [0.15, 0.2) is 51.7 Å². The lowest BCUT2D eigenvalue weighted by Gasteiger charge is -2.16. The number of ether oxygens (including phenoxy) is 2. The molecule has 0 fully saturated rings. The standard InChI is InChI=1S/C23H18BrN5O4/c1-32-18-8-14(20-15(9-25)22(27)29-23(31)16(20)10-26)7-17(24)21(18)33-12-19(30)28-11-13-5-3-2-4-6-13/h2-8H,11-12H2,1H3,(H,28,30)(H3,27,29,31). The van der Waals surface area contributed by atoms with Crippen molar-refractivity contribution in [1.29, 1.82) is 10.5 Å². The average Bonchev–Trinajstić information content (AvgIpc) is 2.81. The fraction of sp³-hybridized carbons (Fsp3) is 0.130. The summed E-state index contributed by atoms with van der Waals surface area (Å²) in [4.78, 5) is 26.7. The third-order valence-electron chi connectivity index (χ3n) is 4.67. The van der Waals surface area contributed by atoms with Gasteiger partial charge in [0.2, 0.25) is 0 Å². The van der Waals surface area contributed by atoms with Crippen LogP contribution in [0.2, 0.25) is 0 Å². The van der Waals surface area contributed by atoms with Gasteiger partial charge in [0.15, 0.2) is 18.1 Å². The van der Waals surface area contributed by atoms with Gasteiger partial charge in [-0.1, -0.05) is 30.3 Å². The van der Waals surface area contributed by atoms with Crippen molar-refractivity contribution in [2.45, 2.75) is 6.54 Å². The number of pyridine rings is 1. The lowest BCUT2D eigenvalue weighted by atomic mass is 9.96. The number of carbonyl (C=O) groups is 1. The number of aromatic nitrogens is 1. The monoisotopic (exact) mass is 507 g/mol. The number of nitrogens with zero attached hydrogens (tertiary/aromatic N) is 2. The first-order valence-electron chi connectivity index (χ1n) is 9.56. The Balaban J connectivity index is 1.89. The highest BCUT2D eigenvalue weighted by Gasteiger charge is 2.21. The second-order valence-electron chi connectivity index (χ2n) is 6.76. The third-order valence-corrected chi connectivity index (χ3v) is 5.26. The first kappa shape index (κ1) is 23.4. The Bertz CT molecular complexity index is 1340. The minimum absolute atomic E-state index is 0.0472. The van der Waals surface area contributed by atoms with Crippen molar-refractivity contribution >= 4 is 27.7 Å². The molecular formula is C23H18BrN5O4. The maximum Gasteiger partial charge on any atom is 0.268 e. The summed E-state index contributed by atoms with van der Waals surface area (Å²) in [5, 5.41) is 21.8. The second kappa shape index (κ2) is 10.4. The quantitative estimate of drug-likeness (QED) is 0.443. The lowest BCUT2D eigenvalue weighted by molar-refractivity contribution is -0.123. The molecule has 0 saturated carbocycles. The zero-order valence-electron chi connectivity index (χ0n) is 17.4. The smallest absolute Gasteiger partial charge is 0.268 e. The maximum atomic E-state index is 12.2. The number of nitrogens with two attached hydrogens (primary N) is 1. The summed E-state index contributed by atoms with van der Waals surface area (Å²) < 4.78 is 11.4. The third kappa shape index (κ3) is 5.14.